The molecule has 2 atom stereocenters. The van der Waals surface area contributed by atoms with Gasteiger partial charge in [-0.2, -0.15) is 0 Å². The van der Waals surface area contributed by atoms with Gasteiger partial charge < -0.3 is 10.0 Å². The third-order valence-electron chi connectivity index (χ3n) is 4.87. The Morgan fingerprint density at radius 1 is 1.15 bits per heavy atom. The topological polar surface area (TPSA) is 70.5 Å². The van der Waals surface area contributed by atoms with E-state index in [2.05, 4.69) is 4.98 Å². The molecular formula is C20H18N2O3S2. The summed E-state index contributed by atoms with van der Waals surface area (Å²) < 4.78 is 0. The van der Waals surface area contributed by atoms with Crippen molar-refractivity contribution in [2.24, 2.45) is 5.92 Å². The number of rotatable bonds is 4. The highest BCUT2D eigenvalue weighted by atomic mass is 32.1. The maximum absolute atomic E-state index is 13.1. The summed E-state index contributed by atoms with van der Waals surface area (Å²) in [5.41, 5.74) is 1.66. The summed E-state index contributed by atoms with van der Waals surface area (Å²) in [6, 6.07) is 13.5. The second-order valence-electron chi connectivity index (χ2n) is 6.58. The molecule has 5 nitrogen and oxygen atoms in total. The van der Waals surface area contributed by atoms with Gasteiger partial charge in [0.05, 0.1) is 16.5 Å². The Labute approximate surface area is 164 Å². The Kier molecular flexibility index (Phi) is 4.80. The number of carboxylic acid groups (broad SMARTS) is 1. The highest BCUT2D eigenvalue weighted by Gasteiger charge is 2.41. The van der Waals surface area contributed by atoms with Gasteiger partial charge in [0.1, 0.15) is 9.88 Å². The second kappa shape index (κ2) is 7.25. The highest BCUT2D eigenvalue weighted by molar-refractivity contribution is 7.22. The van der Waals surface area contributed by atoms with E-state index in [1.165, 1.54) is 11.3 Å². The SMILES string of the molecule is Cc1nc(-c2cccs2)sc1C(=O)N1CC(C(=O)O)C(c2ccccc2)C1. The molecule has 1 amide bonds. The quantitative estimate of drug-likeness (QED) is 0.718. The summed E-state index contributed by atoms with van der Waals surface area (Å²) in [5, 5.41) is 12.5. The molecule has 0 aliphatic carbocycles. The molecule has 1 N–H and O–H groups in total. The van der Waals surface area contributed by atoms with Gasteiger partial charge in [-0.3, -0.25) is 9.59 Å². The van der Waals surface area contributed by atoms with E-state index >= 15 is 0 Å². The number of carboxylic acids is 1. The molecule has 0 bridgehead atoms. The van der Waals surface area contributed by atoms with Crippen molar-refractivity contribution >= 4 is 34.6 Å². The Morgan fingerprint density at radius 3 is 2.59 bits per heavy atom. The molecule has 3 aromatic rings. The first-order chi connectivity index (χ1) is 13.0. The minimum Gasteiger partial charge on any atom is -0.481 e. The van der Waals surface area contributed by atoms with Gasteiger partial charge in [-0.25, -0.2) is 4.98 Å². The third-order valence-corrected chi connectivity index (χ3v) is 7.06. The average Bonchev–Trinajstić information content (AvgIpc) is 3.41. The lowest BCUT2D eigenvalue weighted by molar-refractivity contribution is -0.141. The van der Waals surface area contributed by atoms with Crippen molar-refractivity contribution in [3.8, 4) is 9.88 Å². The zero-order chi connectivity index (χ0) is 19.0. The summed E-state index contributed by atoms with van der Waals surface area (Å²) >= 11 is 2.97. The van der Waals surface area contributed by atoms with Gasteiger partial charge in [0.25, 0.3) is 5.91 Å². The van der Waals surface area contributed by atoms with Crippen LogP contribution in [-0.2, 0) is 4.79 Å². The molecule has 1 aliphatic heterocycles. The van der Waals surface area contributed by atoms with Crippen molar-refractivity contribution < 1.29 is 14.7 Å². The summed E-state index contributed by atoms with van der Waals surface area (Å²) in [5.74, 6) is -1.78. The van der Waals surface area contributed by atoms with Crippen molar-refractivity contribution in [1.29, 1.82) is 0 Å². The van der Waals surface area contributed by atoms with Gasteiger partial charge >= 0.3 is 5.97 Å². The largest absolute Gasteiger partial charge is 0.481 e. The van der Waals surface area contributed by atoms with Crippen molar-refractivity contribution in [2.75, 3.05) is 13.1 Å². The van der Waals surface area contributed by atoms with E-state index in [0.29, 0.717) is 17.1 Å². The van der Waals surface area contributed by atoms with Crippen LogP contribution < -0.4 is 0 Å². The molecule has 1 aliphatic rings. The summed E-state index contributed by atoms with van der Waals surface area (Å²) in [6.45, 7) is 2.46. The zero-order valence-electron chi connectivity index (χ0n) is 14.7. The molecule has 7 heteroatoms. The van der Waals surface area contributed by atoms with Crippen molar-refractivity contribution in [1.82, 2.24) is 9.88 Å². The minimum absolute atomic E-state index is 0.127. The Hall–Kier alpha value is -2.51. The predicted molar refractivity (Wildman–Crippen MR) is 106 cm³/mol. The number of nitrogens with zero attached hydrogens (tertiary/aromatic N) is 2. The van der Waals surface area contributed by atoms with Crippen LogP contribution in [0.3, 0.4) is 0 Å². The summed E-state index contributed by atoms with van der Waals surface area (Å²) in [4.78, 5) is 32.7. The number of carbonyl (C=O) groups is 2. The number of aliphatic carboxylic acids is 1. The van der Waals surface area contributed by atoms with Crippen LogP contribution in [0.25, 0.3) is 9.88 Å². The van der Waals surface area contributed by atoms with Gasteiger partial charge in [0.2, 0.25) is 0 Å². The van der Waals surface area contributed by atoms with Crippen LogP contribution in [0.2, 0.25) is 0 Å². The van der Waals surface area contributed by atoms with E-state index in [1.807, 2.05) is 54.8 Å². The molecule has 0 spiro atoms. The molecule has 1 fully saturated rings. The van der Waals surface area contributed by atoms with Crippen LogP contribution in [0, 0.1) is 12.8 Å². The van der Waals surface area contributed by atoms with Crippen molar-refractivity contribution in [3.63, 3.8) is 0 Å². The number of thiazole rings is 1. The number of hydrogen-bond acceptors (Lipinski definition) is 5. The molecule has 138 valence electrons. The van der Waals surface area contributed by atoms with E-state index < -0.39 is 11.9 Å². The molecule has 2 aromatic heterocycles. The van der Waals surface area contributed by atoms with E-state index in [4.69, 9.17) is 0 Å². The van der Waals surface area contributed by atoms with Crippen molar-refractivity contribution in [3.05, 3.63) is 64.0 Å². The summed E-state index contributed by atoms with van der Waals surface area (Å²) in [7, 11) is 0. The number of aryl methyl sites for hydroxylation is 1. The van der Waals surface area contributed by atoms with Crippen LogP contribution in [0.4, 0.5) is 0 Å². The molecule has 4 rings (SSSR count). The average molecular weight is 399 g/mol. The first-order valence-corrected chi connectivity index (χ1v) is 10.3. The van der Waals surface area contributed by atoms with Crippen LogP contribution >= 0.6 is 22.7 Å². The van der Waals surface area contributed by atoms with E-state index in [-0.39, 0.29) is 18.4 Å². The Balaban J connectivity index is 1.60. The monoisotopic (exact) mass is 398 g/mol. The molecule has 2 unspecified atom stereocenters. The van der Waals surface area contributed by atoms with E-state index in [1.54, 1.807) is 16.2 Å². The number of amides is 1. The van der Waals surface area contributed by atoms with Gasteiger partial charge in [-0.1, -0.05) is 36.4 Å². The zero-order valence-corrected chi connectivity index (χ0v) is 16.3. The fourth-order valence-corrected chi connectivity index (χ4v) is 5.33. The number of likely N-dealkylation sites (tertiary alicyclic amines) is 1. The van der Waals surface area contributed by atoms with Crippen molar-refractivity contribution in [2.45, 2.75) is 12.8 Å². The lowest BCUT2D eigenvalue weighted by Gasteiger charge is -2.16. The van der Waals surface area contributed by atoms with Crippen LogP contribution in [0.1, 0.15) is 26.8 Å². The Morgan fingerprint density at radius 2 is 1.93 bits per heavy atom. The third kappa shape index (κ3) is 3.40. The standard InChI is InChI=1S/C20H18N2O3S2/c1-12-17(27-18(21-12)16-8-5-9-26-16)19(23)22-10-14(15(11-22)20(24)25)13-6-3-2-4-7-13/h2-9,14-15H,10-11H2,1H3,(H,24,25). The lowest BCUT2D eigenvalue weighted by Crippen LogP contribution is -2.29. The maximum atomic E-state index is 13.1. The molecule has 0 radical (unpaired) electrons. The fourth-order valence-electron chi connectivity index (χ4n) is 3.50. The van der Waals surface area contributed by atoms with Gasteiger partial charge in [0, 0.05) is 19.0 Å². The molecule has 3 heterocycles. The maximum Gasteiger partial charge on any atom is 0.308 e. The second-order valence-corrected chi connectivity index (χ2v) is 8.53. The molecular weight excluding hydrogens is 380 g/mol. The number of benzene rings is 1. The minimum atomic E-state index is -0.862. The number of thiophene rings is 1. The molecule has 27 heavy (non-hydrogen) atoms. The lowest BCUT2D eigenvalue weighted by atomic mass is 9.89. The smallest absolute Gasteiger partial charge is 0.308 e. The van der Waals surface area contributed by atoms with Crippen LogP contribution in [-0.4, -0.2) is 40.0 Å². The summed E-state index contributed by atoms with van der Waals surface area (Å²) in [6.07, 6.45) is 0. The highest BCUT2D eigenvalue weighted by Crippen LogP contribution is 2.36. The van der Waals surface area contributed by atoms with E-state index in [9.17, 15) is 14.7 Å². The van der Waals surface area contributed by atoms with Crippen LogP contribution in [0.15, 0.2) is 47.8 Å². The number of carbonyl (C=O) groups excluding carboxylic acids is 1. The molecule has 1 saturated heterocycles. The first-order valence-electron chi connectivity index (χ1n) is 8.63. The number of aromatic nitrogens is 1. The number of hydrogen-bond donors (Lipinski definition) is 1. The first kappa shape index (κ1) is 17.9. The van der Waals surface area contributed by atoms with Gasteiger partial charge in [-0.05, 0) is 23.9 Å². The molecule has 1 aromatic carbocycles. The fraction of sp³-hybridized carbons (Fsp3) is 0.250. The van der Waals surface area contributed by atoms with Crippen LogP contribution in [0.5, 0.6) is 0 Å². The predicted octanol–water partition coefficient (Wildman–Crippen LogP) is 4.12. The van der Waals surface area contributed by atoms with Gasteiger partial charge in [-0.15, -0.1) is 22.7 Å². The van der Waals surface area contributed by atoms with Gasteiger partial charge in [0.15, 0.2) is 0 Å². The Bertz CT molecular complexity index is 967. The molecule has 0 saturated carbocycles. The normalized spacial score (nSPS) is 19.4. The van der Waals surface area contributed by atoms with E-state index in [0.717, 1.165) is 15.4 Å².